The number of rotatable bonds is 5. The SMILES string of the molecule is COCCC(N)c1nncn1C1CCCC1. The lowest BCUT2D eigenvalue weighted by atomic mass is 10.2. The molecule has 1 unspecified atom stereocenters. The van der Waals surface area contributed by atoms with E-state index < -0.39 is 0 Å². The van der Waals surface area contributed by atoms with Crippen LogP contribution in [0.5, 0.6) is 0 Å². The molecule has 0 aromatic carbocycles. The van der Waals surface area contributed by atoms with Gasteiger partial charge in [-0.15, -0.1) is 10.2 Å². The predicted molar refractivity (Wildman–Crippen MR) is 60.9 cm³/mol. The third-order valence-electron chi connectivity index (χ3n) is 3.28. The van der Waals surface area contributed by atoms with Crippen molar-refractivity contribution in [1.82, 2.24) is 14.8 Å². The summed E-state index contributed by atoms with van der Waals surface area (Å²) in [4.78, 5) is 0. The van der Waals surface area contributed by atoms with Crippen LogP contribution in [0.15, 0.2) is 6.33 Å². The van der Waals surface area contributed by atoms with E-state index in [9.17, 15) is 0 Å². The van der Waals surface area contributed by atoms with Crippen LogP contribution < -0.4 is 5.73 Å². The third-order valence-corrected chi connectivity index (χ3v) is 3.28. The number of nitrogens with two attached hydrogens (primary N) is 1. The van der Waals surface area contributed by atoms with Crippen LogP contribution in [0.3, 0.4) is 0 Å². The van der Waals surface area contributed by atoms with Gasteiger partial charge in [-0.3, -0.25) is 0 Å². The minimum Gasteiger partial charge on any atom is -0.385 e. The molecule has 0 bridgehead atoms. The molecule has 16 heavy (non-hydrogen) atoms. The number of aromatic nitrogens is 3. The summed E-state index contributed by atoms with van der Waals surface area (Å²) in [7, 11) is 1.69. The first-order chi connectivity index (χ1) is 7.83. The van der Waals surface area contributed by atoms with Gasteiger partial charge in [0, 0.05) is 19.8 Å². The number of hydrogen-bond acceptors (Lipinski definition) is 4. The Hall–Kier alpha value is -0.940. The van der Waals surface area contributed by atoms with Gasteiger partial charge in [-0.05, 0) is 19.3 Å². The van der Waals surface area contributed by atoms with Crippen LogP contribution >= 0.6 is 0 Å². The van der Waals surface area contributed by atoms with Gasteiger partial charge in [0.25, 0.3) is 0 Å². The molecule has 1 aliphatic rings. The van der Waals surface area contributed by atoms with Crippen LogP contribution in [0.2, 0.25) is 0 Å². The second-order valence-corrected chi connectivity index (χ2v) is 4.42. The first kappa shape index (κ1) is 11.5. The summed E-state index contributed by atoms with van der Waals surface area (Å²) < 4.78 is 7.20. The number of nitrogens with zero attached hydrogens (tertiary/aromatic N) is 3. The molecule has 2 N–H and O–H groups in total. The van der Waals surface area contributed by atoms with Crippen molar-refractivity contribution >= 4 is 0 Å². The van der Waals surface area contributed by atoms with Gasteiger partial charge in [0.15, 0.2) is 0 Å². The first-order valence-corrected chi connectivity index (χ1v) is 5.97. The zero-order valence-corrected chi connectivity index (χ0v) is 9.80. The summed E-state index contributed by atoms with van der Waals surface area (Å²) in [6, 6.07) is 0.488. The standard InChI is InChI=1S/C11H20N4O/c1-16-7-6-10(12)11-14-13-8-15(11)9-4-2-3-5-9/h8-10H,2-7,12H2,1H3. The van der Waals surface area contributed by atoms with Crippen LogP contribution in [0, 0.1) is 0 Å². The van der Waals surface area contributed by atoms with Gasteiger partial charge in [-0.2, -0.15) is 0 Å². The molecule has 90 valence electrons. The molecule has 1 fully saturated rings. The normalized spacial score (nSPS) is 19.1. The van der Waals surface area contributed by atoms with Crippen molar-refractivity contribution < 1.29 is 4.74 Å². The van der Waals surface area contributed by atoms with Crippen LogP contribution in [0.4, 0.5) is 0 Å². The second kappa shape index (κ2) is 5.41. The molecule has 1 aliphatic carbocycles. The summed E-state index contributed by atoms with van der Waals surface area (Å²) in [5.74, 6) is 0.906. The van der Waals surface area contributed by atoms with Gasteiger partial charge in [0.2, 0.25) is 0 Å². The summed E-state index contributed by atoms with van der Waals surface area (Å²) in [5, 5.41) is 8.13. The van der Waals surface area contributed by atoms with E-state index in [-0.39, 0.29) is 6.04 Å². The minimum absolute atomic E-state index is 0.0666. The third kappa shape index (κ3) is 2.41. The molecule has 0 spiro atoms. The van der Waals surface area contributed by atoms with E-state index in [0.717, 1.165) is 12.2 Å². The van der Waals surface area contributed by atoms with Crippen LogP contribution in [-0.4, -0.2) is 28.5 Å². The Morgan fingerprint density at radius 3 is 3.00 bits per heavy atom. The summed E-state index contributed by atoms with van der Waals surface area (Å²) >= 11 is 0. The zero-order valence-electron chi connectivity index (χ0n) is 9.80. The predicted octanol–water partition coefficient (Wildman–Crippen LogP) is 1.43. The van der Waals surface area contributed by atoms with Crippen molar-refractivity contribution in [3.05, 3.63) is 12.2 Å². The summed E-state index contributed by atoms with van der Waals surface area (Å²) in [6.45, 7) is 0.665. The fraction of sp³-hybridized carbons (Fsp3) is 0.818. The molecule has 5 nitrogen and oxygen atoms in total. The molecule has 1 aromatic rings. The Morgan fingerprint density at radius 1 is 1.56 bits per heavy atom. The molecule has 5 heteroatoms. The fourth-order valence-electron chi connectivity index (χ4n) is 2.35. The number of hydrogen-bond donors (Lipinski definition) is 1. The van der Waals surface area contributed by atoms with Crippen molar-refractivity contribution in [1.29, 1.82) is 0 Å². The van der Waals surface area contributed by atoms with Crippen molar-refractivity contribution in [2.24, 2.45) is 5.73 Å². The van der Waals surface area contributed by atoms with Gasteiger partial charge >= 0.3 is 0 Å². The highest BCUT2D eigenvalue weighted by atomic mass is 16.5. The Kier molecular flexibility index (Phi) is 3.90. The van der Waals surface area contributed by atoms with E-state index >= 15 is 0 Å². The average Bonchev–Trinajstić information content (AvgIpc) is 2.94. The molecule has 1 aromatic heterocycles. The van der Waals surface area contributed by atoms with Crippen molar-refractivity contribution in [2.45, 2.75) is 44.2 Å². The fourth-order valence-corrected chi connectivity index (χ4v) is 2.35. The van der Waals surface area contributed by atoms with Gasteiger partial charge in [0.05, 0.1) is 6.04 Å². The summed E-state index contributed by atoms with van der Waals surface area (Å²) in [6.07, 6.45) is 7.66. The Bertz CT molecular complexity index is 320. The highest BCUT2D eigenvalue weighted by Gasteiger charge is 2.22. The van der Waals surface area contributed by atoms with Gasteiger partial charge < -0.3 is 15.0 Å². The maximum atomic E-state index is 6.09. The van der Waals surface area contributed by atoms with Gasteiger partial charge in [-0.25, -0.2) is 0 Å². The highest BCUT2D eigenvalue weighted by Crippen LogP contribution is 2.31. The molecule has 0 saturated heterocycles. The molecule has 0 aliphatic heterocycles. The van der Waals surface area contributed by atoms with E-state index in [4.69, 9.17) is 10.5 Å². The molecule has 1 heterocycles. The van der Waals surface area contributed by atoms with E-state index in [1.165, 1.54) is 25.7 Å². The lowest BCUT2D eigenvalue weighted by molar-refractivity contribution is 0.186. The van der Waals surface area contributed by atoms with Crippen LogP contribution in [0.25, 0.3) is 0 Å². The van der Waals surface area contributed by atoms with Crippen molar-refractivity contribution in [2.75, 3.05) is 13.7 Å². The lowest BCUT2D eigenvalue weighted by Gasteiger charge is -2.17. The number of methoxy groups -OCH3 is 1. The zero-order chi connectivity index (χ0) is 11.4. The molecular weight excluding hydrogens is 204 g/mol. The minimum atomic E-state index is -0.0666. The topological polar surface area (TPSA) is 66.0 Å². The van der Waals surface area contributed by atoms with E-state index in [1.54, 1.807) is 7.11 Å². The largest absolute Gasteiger partial charge is 0.385 e. The van der Waals surface area contributed by atoms with Gasteiger partial charge in [-0.1, -0.05) is 12.8 Å². The van der Waals surface area contributed by atoms with Gasteiger partial charge in [0.1, 0.15) is 12.2 Å². The van der Waals surface area contributed by atoms with Crippen LogP contribution in [0.1, 0.15) is 50.0 Å². The average molecular weight is 224 g/mol. The number of ether oxygens (including phenoxy) is 1. The lowest BCUT2D eigenvalue weighted by Crippen LogP contribution is -2.20. The summed E-state index contributed by atoms with van der Waals surface area (Å²) in [5.41, 5.74) is 6.09. The maximum absolute atomic E-state index is 6.09. The maximum Gasteiger partial charge on any atom is 0.150 e. The molecule has 0 amide bonds. The van der Waals surface area contributed by atoms with Crippen molar-refractivity contribution in [3.8, 4) is 0 Å². The quantitative estimate of drug-likeness (QED) is 0.821. The van der Waals surface area contributed by atoms with E-state index in [2.05, 4.69) is 14.8 Å². The first-order valence-electron chi connectivity index (χ1n) is 5.97. The van der Waals surface area contributed by atoms with Crippen molar-refractivity contribution in [3.63, 3.8) is 0 Å². The smallest absolute Gasteiger partial charge is 0.150 e. The Balaban J connectivity index is 2.05. The molecule has 1 atom stereocenters. The molecular formula is C11H20N4O. The highest BCUT2D eigenvalue weighted by molar-refractivity contribution is 4.97. The molecule has 0 radical (unpaired) electrons. The van der Waals surface area contributed by atoms with E-state index in [0.29, 0.717) is 12.6 Å². The Morgan fingerprint density at radius 2 is 2.31 bits per heavy atom. The molecule has 2 rings (SSSR count). The Labute approximate surface area is 96.0 Å². The second-order valence-electron chi connectivity index (χ2n) is 4.42. The monoisotopic (exact) mass is 224 g/mol. The van der Waals surface area contributed by atoms with E-state index in [1.807, 2.05) is 6.33 Å². The van der Waals surface area contributed by atoms with Crippen LogP contribution in [-0.2, 0) is 4.74 Å². The molecule has 1 saturated carbocycles.